The van der Waals surface area contributed by atoms with Crippen LogP contribution in [0.25, 0.3) is 23.3 Å². The lowest BCUT2D eigenvalue weighted by molar-refractivity contribution is 0.647. The van der Waals surface area contributed by atoms with Crippen molar-refractivity contribution in [1.82, 2.24) is 0 Å². The molecule has 0 aliphatic heterocycles. The third kappa shape index (κ3) is 13.9. The molecular weight excluding hydrogens is 528 g/mol. The monoisotopic (exact) mass is 584 g/mol. The zero-order valence-corrected chi connectivity index (χ0v) is 28.8. The van der Waals surface area contributed by atoms with Gasteiger partial charge in [0, 0.05) is 0 Å². The van der Waals surface area contributed by atoms with Gasteiger partial charge < -0.3 is 0 Å². The van der Waals surface area contributed by atoms with Crippen LogP contribution >= 0.6 is 0 Å². The van der Waals surface area contributed by atoms with Crippen LogP contribution in [0.15, 0.2) is 123 Å². The van der Waals surface area contributed by atoms with Crippen LogP contribution in [0, 0.1) is 19.8 Å². The highest BCUT2D eigenvalue weighted by atomic mass is 14.1. The number of hydrogen-bond donors (Lipinski definition) is 0. The van der Waals surface area contributed by atoms with E-state index < -0.39 is 0 Å². The molecule has 0 atom stereocenters. The van der Waals surface area contributed by atoms with E-state index in [2.05, 4.69) is 158 Å². The Balaban J connectivity index is 0.000000365. The highest BCUT2D eigenvalue weighted by Gasteiger charge is 2.07. The molecule has 0 aromatic heterocycles. The number of hydrogen-bond acceptors (Lipinski definition) is 0. The number of allylic oxidation sites excluding steroid dienone is 3. The first-order valence-corrected chi connectivity index (χ1v) is 16.1. The normalized spacial score (nSPS) is 10.5. The van der Waals surface area contributed by atoms with E-state index in [1.165, 1.54) is 50.9 Å². The Kier molecular flexibility index (Phi) is 18.5. The van der Waals surface area contributed by atoms with Crippen molar-refractivity contribution in [2.45, 2.75) is 74.7 Å². The van der Waals surface area contributed by atoms with Crippen LogP contribution in [0.3, 0.4) is 0 Å². The molecular formula is C44H56. The zero-order valence-electron chi connectivity index (χ0n) is 28.8. The first-order chi connectivity index (χ1) is 21.2. The summed E-state index contributed by atoms with van der Waals surface area (Å²) in [5.74, 6) is 0.762. The molecule has 4 aromatic carbocycles. The molecule has 4 rings (SSSR count). The van der Waals surface area contributed by atoms with Gasteiger partial charge in [-0.3, -0.25) is 0 Å². The van der Waals surface area contributed by atoms with Crippen molar-refractivity contribution in [2.75, 3.05) is 0 Å². The van der Waals surface area contributed by atoms with Gasteiger partial charge in [0.1, 0.15) is 0 Å². The van der Waals surface area contributed by atoms with Gasteiger partial charge in [-0.2, -0.15) is 0 Å². The SMILES string of the molecule is C=CC/C(=C(\C)c1ccc(C=C)cc1)c1ccc(C=C)cc1.CC.CCc1ccc(C)cc1.Cc1ccc(CC(C)C)cc1. The maximum absolute atomic E-state index is 3.90. The summed E-state index contributed by atoms with van der Waals surface area (Å²) in [6, 6.07) is 34.4. The van der Waals surface area contributed by atoms with Crippen LogP contribution < -0.4 is 0 Å². The molecule has 0 fully saturated rings. The molecule has 0 bridgehead atoms. The summed E-state index contributed by atoms with van der Waals surface area (Å²) in [5, 5.41) is 0. The lowest BCUT2D eigenvalue weighted by Gasteiger charge is -2.12. The molecule has 4 aromatic rings. The van der Waals surface area contributed by atoms with Gasteiger partial charge in [0.05, 0.1) is 0 Å². The predicted octanol–water partition coefficient (Wildman–Crippen LogP) is 13.3. The highest BCUT2D eigenvalue weighted by Crippen LogP contribution is 2.29. The van der Waals surface area contributed by atoms with Crippen molar-refractivity contribution in [2.24, 2.45) is 5.92 Å². The molecule has 44 heavy (non-hydrogen) atoms. The molecule has 0 unspecified atom stereocenters. The fourth-order valence-corrected chi connectivity index (χ4v) is 4.51. The minimum atomic E-state index is 0.762. The molecule has 0 nitrogen and oxygen atoms in total. The van der Waals surface area contributed by atoms with E-state index in [0.29, 0.717) is 0 Å². The van der Waals surface area contributed by atoms with Crippen molar-refractivity contribution >= 4 is 23.3 Å². The first-order valence-electron chi connectivity index (χ1n) is 16.1. The van der Waals surface area contributed by atoms with Gasteiger partial charge >= 0.3 is 0 Å². The van der Waals surface area contributed by atoms with Crippen LogP contribution in [0.5, 0.6) is 0 Å². The van der Waals surface area contributed by atoms with Crippen LogP contribution in [-0.2, 0) is 12.8 Å². The summed E-state index contributed by atoms with van der Waals surface area (Å²) >= 11 is 0. The summed E-state index contributed by atoms with van der Waals surface area (Å²) < 4.78 is 0. The Labute approximate surface area is 270 Å². The Morgan fingerprint density at radius 2 is 1.02 bits per heavy atom. The molecule has 0 N–H and O–H groups in total. The Bertz CT molecular complexity index is 1390. The smallest absolute Gasteiger partial charge is 0.00913 e. The lowest BCUT2D eigenvalue weighted by Crippen LogP contribution is -1.93. The molecule has 0 aliphatic carbocycles. The summed E-state index contributed by atoms with van der Waals surface area (Å²) in [7, 11) is 0. The molecule has 0 spiro atoms. The molecule has 232 valence electrons. The molecule has 0 aliphatic rings. The number of aryl methyl sites for hydroxylation is 3. The number of rotatable bonds is 9. The summed E-state index contributed by atoms with van der Waals surface area (Å²) in [6.45, 7) is 28.6. The lowest BCUT2D eigenvalue weighted by atomic mass is 9.92. The van der Waals surface area contributed by atoms with Crippen molar-refractivity contribution in [3.63, 3.8) is 0 Å². The van der Waals surface area contributed by atoms with Gasteiger partial charge in [0.15, 0.2) is 0 Å². The van der Waals surface area contributed by atoms with Crippen molar-refractivity contribution in [3.8, 4) is 0 Å². The van der Waals surface area contributed by atoms with Gasteiger partial charge in [-0.1, -0.05) is 174 Å². The summed E-state index contributed by atoms with van der Waals surface area (Å²) in [5.41, 5.74) is 12.9. The fraction of sp³-hybridized carbons (Fsp3) is 0.273. The van der Waals surface area contributed by atoms with E-state index in [9.17, 15) is 0 Å². The second-order valence-electron chi connectivity index (χ2n) is 11.2. The summed E-state index contributed by atoms with van der Waals surface area (Å²) in [6.07, 6.45) is 8.87. The molecule has 0 radical (unpaired) electrons. The third-order valence-corrected chi connectivity index (χ3v) is 7.17. The zero-order chi connectivity index (χ0) is 32.9. The minimum Gasteiger partial charge on any atom is -0.103 e. The van der Waals surface area contributed by atoms with Crippen LogP contribution in [0.1, 0.15) is 92.5 Å². The van der Waals surface area contributed by atoms with E-state index in [0.717, 1.165) is 29.9 Å². The first kappa shape index (κ1) is 37.9. The topological polar surface area (TPSA) is 0 Å². The largest absolute Gasteiger partial charge is 0.103 e. The van der Waals surface area contributed by atoms with E-state index in [1.807, 2.05) is 32.1 Å². The average Bonchev–Trinajstić information content (AvgIpc) is 3.06. The van der Waals surface area contributed by atoms with Crippen molar-refractivity contribution in [3.05, 3.63) is 167 Å². The highest BCUT2D eigenvalue weighted by molar-refractivity contribution is 5.90. The second-order valence-corrected chi connectivity index (χ2v) is 11.2. The fourth-order valence-electron chi connectivity index (χ4n) is 4.51. The average molecular weight is 585 g/mol. The maximum Gasteiger partial charge on any atom is -0.00913 e. The van der Waals surface area contributed by atoms with E-state index in [1.54, 1.807) is 0 Å². The third-order valence-electron chi connectivity index (χ3n) is 7.17. The van der Waals surface area contributed by atoms with Crippen molar-refractivity contribution in [1.29, 1.82) is 0 Å². The van der Waals surface area contributed by atoms with Gasteiger partial charge in [-0.25, -0.2) is 0 Å². The standard InChI is InChI=1S/C22H22.C11H16.C9H12.C2H6/c1-5-8-22(21-15-11-19(7-3)12-16-21)17(4)20-13-9-18(6-2)10-14-20;1-9(2)8-11-6-4-10(3)5-7-11;1-3-9-6-4-8(2)5-7-9;1-2/h5-7,9-16H,1-3,8H2,4H3;4-7,9H,8H2,1-3H3;4-7H,3H2,1-2H3;1-2H3/b22-17-;;;. The Morgan fingerprint density at radius 1 is 0.614 bits per heavy atom. The summed E-state index contributed by atoms with van der Waals surface area (Å²) in [4.78, 5) is 0. The minimum absolute atomic E-state index is 0.762. The second kappa shape index (κ2) is 21.5. The molecule has 0 heteroatoms. The van der Waals surface area contributed by atoms with Gasteiger partial charge in [0.2, 0.25) is 0 Å². The van der Waals surface area contributed by atoms with E-state index >= 15 is 0 Å². The predicted molar refractivity (Wildman–Crippen MR) is 202 cm³/mol. The van der Waals surface area contributed by atoms with Crippen molar-refractivity contribution < 1.29 is 0 Å². The van der Waals surface area contributed by atoms with Crippen LogP contribution in [0.2, 0.25) is 0 Å². The Morgan fingerprint density at radius 3 is 1.39 bits per heavy atom. The number of benzene rings is 4. The molecule has 0 saturated heterocycles. The molecule has 0 saturated carbocycles. The van der Waals surface area contributed by atoms with Gasteiger partial charge in [-0.15, -0.1) is 6.58 Å². The quantitative estimate of drug-likeness (QED) is 0.136. The van der Waals surface area contributed by atoms with E-state index in [4.69, 9.17) is 0 Å². The van der Waals surface area contributed by atoms with Gasteiger partial charge in [-0.05, 0) is 90.5 Å². The van der Waals surface area contributed by atoms with E-state index in [-0.39, 0.29) is 0 Å². The Hall–Kier alpha value is -4.16. The van der Waals surface area contributed by atoms with Crippen LogP contribution in [0.4, 0.5) is 0 Å². The molecule has 0 amide bonds. The van der Waals surface area contributed by atoms with Crippen LogP contribution in [-0.4, -0.2) is 0 Å². The van der Waals surface area contributed by atoms with Gasteiger partial charge in [0.25, 0.3) is 0 Å². The molecule has 0 heterocycles. The maximum atomic E-state index is 3.90.